The molecule has 1 radical (unpaired) electrons. The zero-order chi connectivity index (χ0) is 7.56. The van der Waals surface area contributed by atoms with Gasteiger partial charge in [0.25, 0.3) is 5.56 Å². The van der Waals surface area contributed by atoms with Crippen LogP contribution in [-0.2, 0) is 0 Å². The first-order valence-corrected chi connectivity index (χ1v) is 2.56. The fraction of sp³-hybridized carbons (Fsp3) is 0. The minimum atomic E-state index is -0.420. The van der Waals surface area contributed by atoms with Crippen LogP contribution in [0.2, 0.25) is 0 Å². The van der Waals surface area contributed by atoms with Gasteiger partial charge in [0.15, 0.2) is 0 Å². The first kappa shape index (κ1) is 18.0. The number of hydrogen-bond acceptors (Lipinski definition) is 3. The van der Waals surface area contributed by atoms with Gasteiger partial charge in [-0.3, -0.25) is 9.78 Å². The SMILES string of the molecule is N#Cc1ccc(=O)[nH]c1O.O.O.[Na]. The molecule has 0 saturated heterocycles. The van der Waals surface area contributed by atoms with Crippen LogP contribution in [0.5, 0.6) is 5.88 Å². The molecule has 0 bridgehead atoms. The van der Waals surface area contributed by atoms with E-state index in [0.717, 1.165) is 0 Å². The smallest absolute Gasteiger partial charge is 0.250 e. The molecular formula is C6H8N2NaO4. The van der Waals surface area contributed by atoms with Crippen molar-refractivity contribution in [3.05, 3.63) is 28.0 Å². The Balaban J connectivity index is -0.000000333. The van der Waals surface area contributed by atoms with Crippen LogP contribution in [-0.4, -0.2) is 50.6 Å². The Labute approximate surface area is 95.7 Å². The molecule has 0 aromatic carbocycles. The van der Waals surface area contributed by atoms with Gasteiger partial charge < -0.3 is 16.1 Å². The molecule has 0 amide bonds. The summed E-state index contributed by atoms with van der Waals surface area (Å²) in [5.41, 5.74) is -0.351. The second-order valence-corrected chi connectivity index (χ2v) is 1.70. The number of rotatable bonds is 0. The van der Waals surface area contributed by atoms with Crippen molar-refractivity contribution >= 4 is 29.6 Å². The Kier molecular flexibility index (Phi) is 10.8. The summed E-state index contributed by atoms with van der Waals surface area (Å²) >= 11 is 0. The van der Waals surface area contributed by atoms with E-state index in [1.165, 1.54) is 12.1 Å². The Morgan fingerprint density at radius 2 is 1.92 bits per heavy atom. The number of aromatic nitrogens is 1. The van der Waals surface area contributed by atoms with Crippen molar-refractivity contribution in [1.29, 1.82) is 5.26 Å². The van der Waals surface area contributed by atoms with Gasteiger partial charge in [-0.1, -0.05) is 0 Å². The zero-order valence-corrected chi connectivity index (χ0v) is 8.96. The summed E-state index contributed by atoms with van der Waals surface area (Å²) in [5.74, 6) is -0.380. The molecule has 1 heterocycles. The molecule has 6 nitrogen and oxygen atoms in total. The molecule has 0 unspecified atom stereocenters. The normalized spacial score (nSPS) is 6.69. The third-order valence-electron chi connectivity index (χ3n) is 1.02. The summed E-state index contributed by atoms with van der Waals surface area (Å²) in [4.78, 5) is 12.5. The summed E-state index contributed by atoms with van der Waals surface area (Å²) in [5, 5.41) is 17.1. The van der Waals surface area contributed by atoms with E-state index < -0.39 is 5.56 Å². The predicted octanol–water partition coefficient (Wildman–Crippen LogP) is -2.08. The minimum Gasteiger partial charge on any atom is -0.494 e. The van der Waals surface area contributed by atoms with E-state index in [9.17, 15) is 4.79 Å². The van der Waals surface area contributed by atoms with Gasteiger partial charge in [-0.25, -0.2) is 0 Å². The fourth-order valence-corrected chi connectivity index (χ4v) is 0.554. The Hall–Kier alpha value is -0.840. The van der Waals surface area contributed by atoms with Crippen molar-refractivity contribution in [2.75, 3.05) is 0 Å². The minimum absolute atomic E-state index is 0. The van der Waals surface area contributed by atoms with Gasteiger partial charge in [-0.15, -0.1) is 0 Å². The number of H-pyrrole nitrogens is 1. The molecule has 1 rings (SSSR count). The number of aromatic amines is 1. The molecule has 0 aliphatic rings. The summed E-state index contributed by atoms with van der Waals surface area (Å²) in [6, 6.07) is 4.14. The fourth-order valence-electron chi connectivity index (χ4n) is 0.554. The van der Waals surface area contributed by atoms with Crippen LogP contribution in [0.4, 0.5) is 0 Å². The quantitative estimate of drug-likeness (QED) is 0.459. The molecule has 1 aromatic heterocycles. The molecule has 0 aliphatic heterocycles. The Morgan fingerprint density at radius 1 is 1.38 bits per heavy atom. The van der Waals surface area contributed by atoms with Crippen LogP contribution >= 0.6 is 0 Å². The summed E-state index contributed by atoms with van der Waals surface area (Å²) < 4.78 is 0. The van der Waals surface area contributed by atoms with E-state index in [1.807, 2.05) is 0 Å². The van der Waals surface area contributed by atoms with E-state index in [4.69, 9.17) is 10.4 Å². The number of nitrogens with one attached hydrogen (secondary N) is 1. The molecule has 1 aromatic rings. The van der Waals surface area contributed by atoms with Gasteiger partial charge in [-0.05, 0) is 6.07 Å². The summed E-state index contributed by atoms with van der Waals surface area (Å²) in [6.07, 6.45) is 0. The zero-order valence-electron chi connectivity index (χ0n) is 6.96. The average molecular weight is 195 g/mol. The standard InChI is InChI=1S/C6H4N2O2.Na.2H2O/c7-3-4-1-2-5(9)8-6(4)10;;;/h1-2H,(H2,8,9,10);;2*1H2. The van der Waals surface area contributed by atoms with Crippen LogP contribution in [0, 0.1) is 11.3 Å². The van der Waals surface area contributed by atoms with E-state index in [-0.39, 0.29) is 52.0 Å². The molecule has 6 N–H and O–H groups in total. The molecule has 0 atom stereocenters. The Bertz CT molecular complexity index is 343. The van der Waals surface area contributed by atoms with Crippen molar-refractivity contribution in [3.8, 4) is 11.9 Å². The maximum absolute atomic E-state index is 10.4. The molecule has 0 aliphatic carbocycles. The predicted molar refractivity (Wildman–Crippen MR) is 46.4 cm³/mol. The number of pyridine rings is 1. The van der Waals surface area contributed by atoms with Crippen LogP contribution in [0.15, 0.2) is 16.9 Å². The van der Waals surface area contributed by atoms with Crippen molar-refractivity contribution < 1.29 is 16.1 Å². The van der Waals surface area contributed by atoms with Crippen molar-refractivity contribution in [2.45, 2.75) is 0 Å². The van der Waals surface area contributed by atoms with E-state index in [1.54, 1.807) is 6.07 Å². The topological polar surface area (TPSA) is 140 Å². The molecule has 0 spiro atoms. The largest absolute Gasteiger partial charge is 0.494 e. The second kappa shape index (κ2) is 7.79. The van der Waals surface area contributed by atoms with Crippen molar-refractivity contribution in [2.24, 2.45) is 0 Å². The Morgan fingerprint density at radius 3 is 2.31 bits per heavy atom. The maximum atomic E-state index is 10.4. The third kappa shape index (κ3) is 4.67. The van der Waals surface area contributed by atoms with Gasteiger partial charge in [0.2, 0.25) is 5.88 Å². The maximum Gasteiger partial charge on any atom is 0.250 e. The van der Waals surface area contributed by atoms with Gasteiger partial charge in [0, 0.05) is 35.6 Å². The van der Waals surface area contributed by atoms with Gasteiger partial charge in [-0.2, -0.15) is 5.26 Å². The molecule has 7 heteroatoms. The van der Waals surface area contributed by atoms with Crippen molar-refractivity contribution in [3.63, 3.8) is 0 Å². The first-order chi connectivity index (χ1) is 4.74. The molecule has 0 fully saturated rings. The van der Waals surface area contributed by atoms with Crippen LogP contribution in [0.3, 0.4) is 0 Å². The number of hydrogen-bond donors (Lipinski definition) is 2. The van der Waals surface area contributed by atoms with Gasteiger partial charge >= 0.3 is 0 Å². The van der Waals surface area contributed by atoms with E-state index in [2.05, 4.69) is 4.98 Å². The number of aromatic hydroxyl groups is 1. The monoisotopic (exact) mass is 195 g/mol. The number of nitriles is 1. The first-order valence-electron chi connectivity index (χ1n) is 2.56. The van der Waals surface area contributed by atoms with E-state index >= 15 is 0 Å². The van der Waals surface area contributed by atoms with Crippen molar-refractivity contribution in [1.82, 2.24) is 4.98 Å². The second-order valence-electron chi connectivity index (χ2n) is 1.70. The molecule has 13 heavy (non-hydrogen) atoms. The van der Waals surface area contributed by atoms with E-state index in [0.29, 0.717) is 0 Å². The van der Waals surface area contributed by atoms with Gasteiger partial charge in [0.1, 0.15) is 11.6 Å². The average Bonchev–Trinajstić information content (AvgIpc) is 1.88. The summed E-state index contributed by atoms with van der Waals surface area (Å²) in [6.45, 7) is 0. The van der Waals surface area contributed by atoms with Crippen LogP contribution in [0.25, 0.3) is 0 Å². The van der Waals surface area contributed by atoms with Gasteiger partial charge in [0.05, 0.1) is 0 Å². The summed E-state index contributed by atoms with van der Waals surface area (Å²) in [7, 11) is 0. The van der Waals surface area contributed by atoms with Crippen LogP contribution < -0.4 is 5.56 Å². The van der Waals surface area contributed by atoms with Crippen LogP contribution in [0.1, 0.15) is 5.56 Å². The number of nitrogens with zero attached hydrogens (tertiary/aromatic N) is 1. The molecule has 0 saturated carbocycles. The molecular weight excluding hydrogens is 187 g/mol. The third-order valence-corrected chi connectivity index (χ3v) is 1.02. The molecule has 67 valence electrons.